The highest BCUT2D eigenvalue weighted by Crippen LogP contribution is 2.20. The molecule has 0 aromatic rings. The molecule has 0 radical (unpaired) electrons. The zero-order valence-corrected chi connectivity index (χ0v) is 12.4. The average Bonchev–Trinajstić information content (AvgIpc) is 2.18. The molecule has 0 aliphatic carbocycles. The Bertz CT molecular complexity index is 167. The van der Waals surface area contributed by atoms with Crippen molar-refractivity contribution in [2.24, 2.45) is 0 Å². The summed E-state index contributed by atoms with van der Waals surface area (Å²) in [7, 11) is 0.782. The molecule has 0 aliphatic rings. The summed E-state index contributed by atoms with van der Waals surface area (Å²) in [6, 6.07) is 0. The molecule has 0 aromatic heterocycles. The third kappa shape index (κ3) is 4.93. The molecule has 0 N–H and O–H groups in total. The first kappa shape index (κ1) is 14.8. The summed E-state index contributed by atoms with van der Waals surface area (Å²) in [5.41, 5.74) is -0.534. The summed E-state index contributed by atoms with van der Waals surface area (Å²) in [4.78, 5) is 0. The van der Waals surface area contributed by atoms with Gasteiger partial charge in [-0.05, 0) is 27.2 Å². The van der Waals surface area contributed by atoms with Crippen molar-refractivity contribution in [1.29, 1.82) is 0 Å². The Morgan fingerprint density at radius 1 is 1.20 bits per heavy atom. The van der Waals surface area contributed by atoms with Crippen molar-refractivity contribution in [3.63, 3.8) is 0 Å². The molecule has 1 unspecified atom stereocenters. The largest absolute Gasteiger partial charge is 0.373 e. The summed E-state index contributed by atoms with van der Waals surface area (Å²) in [5, 5.41) is 0. The topological polar surface area (TPSA) is 27.7 Å². The first-order valence-electron chi connectivity index (χ1n) is 5.64. The van der Waals surface area contributed by atoms with E-state index in [1.165, 1.54) is 0 Å². The van der Waals surface area contributed by atoms with Crippen LogP contribution in [-0.2, 0) is 14.2 Å². The molecule has 0 aliphatic heterocycles. The Hall–Kier alpha value is -0.163. The first-order valence-corrected chi connectivity index (χ1v) is 6.64. The van der Waals surface area contributed by atoms with Gasteiger partial charge in [0.25, 0.3) is 0 Å². The third-order valence-electron chi connectivity index (χ3n) is 2.20. The van der Waals surface area contributed by atoms with Gasteiger partial charge in [0.15, 0.2) is 5.41 Å². The molecule has 1 atom stereocenters. The van der Waals surface area contributed by atoms with Crippen LogP contribution in [0.25, 0.3) is 0 Å². The summed E-state index contributed by atoms with van der Waals surface area (Å²) in [6.45, 7) is 11.6. The van der Waals surface area contributed by atoms with Gasteiger partial charge in [-0.3, -0.25) is 0 Å². The van der Waals surface area contributed by atoms with Crippen LogP contribution in [0.1, 0.15) is 27.2 Å². The Balaban J connectivity index is 4.55. The second kappa shape index (κ2) is 8.04. The molecular formula is C11H24O3Si. The summed E-state index contributed by atoms with van der Waals surface area (Å²) in [6.07, 6.45) is 2.58. The van der Waals surface area contributed by atoms with Gasteiger partial charge in [-0.2, -0.15) is 0 Å². The molecule has 4 heteroatoms. The van der Waals surface area contributed by atoms with Crippen molar-refractivity contribution < 1.29 is 14.2 Å². The number of hydrogen-bond acceptors (Lipinski definition) is 3. The second-order valence-electron chi connectivity index (χ2n) is 3.35. The molecule has 0 amide bonds. The van der Waals surface area contributed by atoms with Crippen LogP contribution >= 0.6 is 0 Å². The number of hydrogen-bond donors (Lipinski definition) is 0. The van der Waals surface area contributed by atoms with Crippen LogP contribution < -0.4 is 0 Å². The van der Waals surface area contributed by atoms with Crippen LogP contribution in [0.4, 0.5) is 0 Å². The summed E-state index contributed by atoms with van der Waals surface area (Å²) in [5.74, 6) is 0. The van der Waals surface area contributed by atoms with E-state index in [2.05, 4.69) is 6.58 Å². The van der Waals surface area contributed by atoms with Gasteiger partial charge in [0.2, 0.25) is 0 Å². The monoisotopic (exact) mass is 232 g/mol. The van der Waals surface area contributed by atoms with E-state index in [4.69, 9.17) is 14.2 Å². The van der Waals surface area contributed by atoms with Crippen LogP contribution in [0.3, 0.4) is 0 Å². The van der Waals surface area contributed by atoms with Crippen LogP contribution in [0.2, 0.25) is 0 Å². The van der Waals surface area contributed by atoms with E-state index in [9.17, 15) is 0 Å². The lowest BCUT2D eigenvalue weighted by molar-refractivity contribution is -0.234. The molecule has 0 saturated carbocycles. The first-order chi connectivity index (χ1) is 7.14. The van der Waals surface area contributed by atoms with Gasteiger partial charge in [0.05, 0.1) is 10.2 Å². The lowest BCUT2D eigenvalue weighted by atomic mass is 10.2. The Kier molecular flexibility index (Phi) is 7.96. The molecule has 0 saturated heterocycles. The van der Waals surface area contributed by atoms with Gasteiger partial charge in [0, 0.05) is 19.8 Å². The molecule has 0 aromatic carbocycles. The Labute approximate surface area is 96.2 Å². The van der Waals surface area contributed by atoms with Gasteiger partial charge >= 0.3 is 0 Å². The lowest BCUT2D eigenvalue weighted by Gasteiger charge is -2.36. The number of ether oxygens (including phenoxy) is 3. The predicted octanol–water partition coefficient (Wildman–Crippen LogP) is 1.06. The van der Waals surface area contributed by atoms with Crippen molar-refractivity contribution in [3.05, 3.63) is 12.7 Å². The maximum Gasteiger partial charge on any atom is 0.166 e. The fourth-order valence-corrected chi connectivity index (χ4v) is 2.57. The highest BCUT2D eigenvalue weighted by atomic mass is 28.1. The van der Waals surface area contributed by atoms with Gasteiger partial charge < -0.3 is 14.2 Å². The zero-order chi connectivity index (χ0) is 11.7. The van der Waals surface area contributed by atoms with Gasteiger partial charge in [-0.15, -0.1) is 6.58 Å². The lowest BCUT2D eigenvalue weighted by Crippen LogP contribution is -2.49. The van der Waals surface area contributed by atoms with Crippen molar-refractivity contribution >= 4 is 10.2 Å². The summed E-state index contributed by atoms with van der Waals surface area (Å²) < 4.78 is 17.1. The maximum atomic E-state index is 5.70. The van der Waals surface area contributed by atoms with Gasteiger partial charge in [-0.1, -0.05) is 6.08 Å². The molecule has 15 heavy (non-hydrogen) atoms. The van der Waals surface area contributed by atoms with Crippen molar-refractivity contribution in [3.8, 4) is 0 Å². The van der Waals surface area contributed by atoms with E-state index in [0.29, 0.717) is 19.8 Å². The standard InChI is InChI=1S/C11H24O3Si/c1-5-9-10(12-6-2)11(15,13-7-3)14-8-4/h5,10H,1,6-9H2,2-4,15H3. The van der Waals surface area contributed by atoms with Crippen LogP contribution in [0.15, 0.2) is 12.7 Å². The van der Waals surface area contributed by atoms with Gasteiger partial charge in [0.1, 0.15) is 6.10 Å². The minimum absolute atomic E-state index is 0.0356. The van der Waals surface area contributed by atoms with Crippen LogP contribution in [0.5, 0.6) is 0 Å². The molecule has 0 fully saturated rings. The van der Waals surface area contributed by atoms with Crippen LogP contribution in [0, 0.1) is 0 Å². The minimum atomic E-state index is -0.534. The number of rotatable bonds is 9. The highest BCUT2D eigenvalue weighted by Gasteiger charge is 2.35. The second-order valence-corrected chi connectivity index (χ2v) is 4.74. The highest BCUT2D eigenvalue weighted by molar-refractivity contribution is 6.13. The van der Waals surface area contributed by atoms with E-state index in [-0.39, 0.29) is 6.10 Å². The smallest absolute Gasteiger partial charge is 0.166 e. The average molecular weight is 232 g/mol. The van der Waals surface area contributed by atoms with Crippen molar-refractivity contribution in [2.75, 3.05) is 19.8 Å². The molecule has 90 valence electrons. The molecule has 0 spiro atoms. The van der Waals surface area contributed by atoms with Gasteiger partial charge in [-0.25, -0.2) is 0 Å². The molecule has 3 nitrogen and oxygen atoms in total. The van der Waals surface area contributed by atoms with E-state index >= 15 is 0 Å². The SMILES string of the molecule is C=CCC(OCC)C([SiH3])(OCC)OCC. The molecule has 0 rings (SSSR count). The Morgan fingerprint density at radius 2 is 1.73 bits per heavy atom. The fourth-order valence-electron chi connectivity index (χ4n) is 1.59. The van der Waals surface area contributed by atoms with E-state index < -0.39 is 5.41 Å². The zero-order valence-electron chi connectivity index (χ0n) is 10.4. The van der Waals surface area contributed by atoms with Crippen molar-refractivity contribution in [2.45, 2.75) is 38.7 Å². The minimum Gasteiger partial charge on any atom is -0.373 e. The van der Waals surface area contributed by atoms with Crippen LogP contribution in [-0.4, -0.2) is 41.6 Å². The van der Waals surface area contributed by atoms with E-state index in [1.54, 1.807) is 0 Å². The maximum absolute atomic E-state index is 5.70. The predicted molar refractivity (Wildman–Crippen MR) is 66.2 cm³/mol. The molecular weight excluding hydrogens is 208 g/mol. The molecule has 0 bridgehead atoms. The van der Waals surface area contributed by atoms with Crippen molar-refractivity contribution in [1.82, 2.24) is 0 Å². The third-order valence-corrected chi connectivity index (χ3v) is 3.42. The Morgan fingerprint density at radius 3 is 2.07 bits per heavy atom. The fraction of sp³-hybridized carbons (Fsp3) is 0.818. The molecule has 0 heterocycles. The normalized spacial score (nSPS) is 14.1. The summed E-state index contributed by atoms with van der Waals surface area (Å²) >= 11 is 0. The van der Waals surface area contributed by atoms with E-state index in [1.807, 2.05) is 26.8 Å². The quantitative estimate of drug-likeness (QED) is 0.338. The van der Waals surface area contributed by atoms with E-state index in [0.717, 1.165) is 16.7 Å².